The molecule has 0 heterocycles. The van der Waals surface area contributed by atoms with E-state index < -0.39 is 0 Å². The molecule has 2 nitrogen and oxygen atoms in total. The van der Waals surface area contributed by atoms with Crippen LogP contribution in [0.2, 0.25) is 0 Å². The number of likely N-dealkylation sites (N-methyl/N-ethyl adjacent to an activating group) is 1. The Bertz CT molecular complexity index is 295. The average molecular weight is 219 g/mol. The smallest absolute Gasteiger partial charge is 0.0952 e. The lowest BCUT2D eigenvalue weighted by molar-refractivity contribution is -0.0517. The summed E-state index contributed by atoms with van der Waals surface area (Å²) in [6, 6.07) is 10.5. The normalized spacial score (nSPS) is 18.1. The van der Waals surface area contributed by atoms with Gasteiger partial charge in [0, 0.05) is 6.54 Å². The number of benzene rings is 1. The van der Waals surface area contributed by atoms with Crippen molar-refractivity contribution in [2.75, 3.05) is 13.1 Å². The van der Waals surface area contributed by atoms with E-state index in [1.54, 1.807) is 0 Å². The van der Waals surface area contributed by atoms with Crippen molar-refractivity contribution >= 4 is 0 Å². The molecule has 1 saturated carbocycles. The first kappa shape index (κ1) is 11.6. The first-order valence-corrected chi connectivity index (χ1v) is 6.31. The van der Waals surface area contributed by atoms with Gasteiger partial charge in [0.05, 0.1) is 12.2 Å². The average Bonchev–Trinajstić information content (AvgIpc) is 2.28. The minimum absolute atomic E-state index is 0.214. The number of nitrogens with one attached hydrogen (secondary N) is 1. The van der Waals surface area contributed by atoms with E-state index in [-0.39, 0.29) is 6.10 Å². The van der Waals surface area contributed by atoms with Crippen LogP contribution in [0, 0.1) is 0 Å². The van der Waals surface area contributed by atoms with Gasteiger partial charge in [-0.2, -0.15) is 0 Å². The quantitative estimate of drug-likeness (QED) is 0.794. The molecule has 0 bridgehead atoms. The number of ether oxygens (including phenoxy) is 1. The highest BCUT2D eigenvalue weighted by molar-refractivity contribution is 5.18. The van der Waals surface area contributed by atoms with Crippen molar-refractivity contribution in [1.82, 2.24) is 5.32 Å². The SMILES string of the molecule is CCNCC(OC1CCC1)c1ccccc1. The summed E-state index contributed by atoms with van der Waals surface area (Å²) >= 11 is 0. The minimum atomic E-state index is 0.214. The molecule has 0 spiro atoms. The Hall–Kier alpha value is -0.860. The van der Waals surface area contributed by atoms with Gasteiger partial charge in [-0.25, -0.2) is 0 Å². The second-order valence-electron chi connectivity index (χ2n) is 4.40. The maximum atomic E-state index is 6.11. The van der Waals surface area contributed by atoms with Crippen LogP contribution in [-0.2, 0) is 4.74 Å². The zero-order chi connectivity index (χ0) is 11.2. The molecule has 2 heteroatoms. The van der Waals surface area contributed by atoms with E-state index in [1.807, 2.05) is 0 Å². The van der Waals surface area contributed by atoms with Gasteiger partial charge in [0.15, 0.2) is 0 Å². The molecule has 1 aromatic rings. The number of rotatable bonds is 6. The van der Waals surface area contributed by atoms with Crippen LogP contribution in [0.5, 0.6) is 0 Å². The van der Waals surface area contributed by atoms with E-state index in [0.29, 0.717) is 6.10 Å². The fourth-order valence-corrected chi connectivity index (χ4v) is 1.93. The van der Waals surface area contributed by atoms with Crippen molar-refractivity contribution in [2.24, 2.45) is 0 Å². The standard InChI is InChI=1S/C14H21NO/c1-2-15-11-14(16-13-9-6-10-13)12-7-4-3-5-8-12/h3-5,7-8,13-15H,2,6,9-11H2,1H3. The summed E-state index contributed by atoms with van der Waals surface area (Å²) in [5.41, 5.74) is 1.29. The van der Waals surface area contributed by atoms with Crippen molar-refractivity contribution in [2.45, 2.75) is 38.4 Å². The molecule has 0 amide bonds. The molecule has 1 aromatic carbocycles. The number of hydrogen-bond acceptors (Lipinski definition) is 2. The largest absolute Gasteiger partial charge is 0.369 e. The molecule has 1 atom stereocenters. The molecule has 2 rings (SSSR count). The third-order valence-electron chi connectivity index (χ3n) is 3.16. The van der Waals surface area contributed by atoms with E-state index in [4.69, 9.17) is 4.74 Å². The summed E-state index contributed by atoms with van der Waals surface area (Å²) in [7, 11) is 0. The molecule has 1 fully saturated rings. The first-order valence-electron chi connectivity index (χ1n) is 6.31. The summed E-state index contributed by atoms with van der Waals surface area (Å²) in [5.74, 6) is 0. The molecular weight excluding hydrogens is 198 g/mol. The molecule has 0 aliphatic heterocycles. The Morgan fingerprint density at radius 3 is 2.62 bits per heavy atom. The van der Waals surface area contributed by atoms with E-state index in [0.717, 1.165) is 13.1 Å². The third-order valence-corrected chi connectivity index (χ3v) is 3.16. The van der Waals surface area contributed by atoms with Crippen LogP contribution in [0.1, 0.15) is 37.9 Å². The topological polar surface area (TPSA) is 21.3 Å². The van der Waals surface area contributed by atoms with Gasteiger partial charge in [0.25, 0.3) is 0 Å². The highest BCUT2D eigenvalue weighted by Crippen LogP contribution is 2.28. The Balaban J connectivity index is 1.95. The molecule has 0 radical (unpaired) electrons. The van der Waals surface area contributed by atoms with Crippen LogP contribution in [-0.4, -0.2) is 19.2 Å². The van der Waals surface area contributed by atoms with Crippen LogP contribution in [0.15, 0.2) is 30.3 Å². The van der Waals surface area contributed by atoms with E-state index in [2.05, 4.69) is 42.6 Å². The second kappa shape index (κ2) is 6.02. The Kier molecular flexibility index (Phi) is 4.37. The maximum Gasteiger partial charge on any atom is 0.0952 e. The minimum Gasteiger partial charge on any atom is -0.369 e. The zero-order valence-electron chi connectivity index (χ0n) is 9.99. The zero-order valence-corrected chi connectivity index (χ0v) is 9.99. The summed E-state index contributed by atoms with van der Waals surface area (Å²) in [6.45, 7) is 4.04. The molecule has 1 aliphatic rings. The second-order valence-corrected chi connectivity index (χ2v) is 4.40. The van der Waals surface area contributed by atoms with E-state index >= 15 is 0 Å². The van der Waals surface area contributed by atoms with Gasteiger partial charge in [-0.3, -0.25) is 0 Å². The number of hydrogen-bond donors (Lipinski definition) is 1. The summed E-state index contributed by atoms with van der Waals surface area (Å²) in [5, 5.41) is 3.38. The predicted octanol–water partition coefficient (Wildman–Crippen LogP) is 2.91. The van der Waals surface area contributed by atoms with Gasteiger partial charge in [-0.1, -0.05) is 37.3 Å². The monoisotopic (exact) mass is 219 g/mol. The van der Waals surface area contributed by atoms with Crippen molar-refractivity contribution in [3.8, 4) is 0 Å². The lowest BCUT2D eigenvalue weighted by atomic mass is 9.95. The van der Waals surface area contributed by atoms with E-state index in [1.165, 1.54) is 24.8 Å². The first-order chi connectivity index (χ1) is 7.90. The van der Waals surface area contributed by atoms with Gasteiger partial charge in [0.1, 0.15) is 0 Å². The molecular formula is C14H21NO. The Morgan fingerprint density at radius 2 is 2.06 bits per heavy atom. The molecule has 1 unspecified atom stereocenters. The van der Waals surface area contributed by atoms with Gasteiger partial charge in [-0.05, 0) is 31.4 Å². The summed E-state index contributed by atoms with van der Waals surface area (Å²) in [6.07, 6.45) is 4.49. The van der Waals surface area contributed by atoms with Gasteiger partial charge >= 0.3 is 0 Å². The molecule has 0 saturated heterocycles. The van der Waals surface area contributed by atoms with Crippen LogP contribution in [0.3, 0.4) is 0 Å². The van der Waals surface area contributed by atoms with Crippen molar-refractivity contribution in [1.29, 1.82) is 0 Å². The maximum absolute atomic E-state index is 6.11. The summed E-state index contributed by atoms with van der Waals surface area (Å²) in [4.78, 5) is 0. The van der Waals surface area contributed by atoms with Crippen molar-refractivity contribution in [3.63, 3.8) is 0 Å². The molecule has 16 heavy (non-hydrogen) atoms. The fourth-order valence-electron chi connectivity index (χ4n) is 1.93. The lowest BCUT2D eigenvalue weighted by Gasteiger charge is -2.31. The highest BCUT2D eigenvalue weighted by Gasteiger charge is 2.23. The molecule has 0 aromatic heterocycles. The van der Waals surface area contributed by atoms with Crippen LogP contribution >= 0.6 is 0 Å². The van der Waals surface area contributed by atoms with Crippen molar-refractivity contribution in [3.05, 3.63) is 35.9 Å². The van der Waals surface area contributed by atoms with Crippen molar-refractivity contribution < 1.29 is 4.74 Å². The van der Waals surface area contributed by atoms with Gasteiger partial charge in [-0.15, -0.1) is 0 Å². The predicted molar refractivity (Wildman–Crippen MR) is 66.5 cm³/mol. The van der Waals surface area contributed by atoms with Crippen LogP contribution < -0.4 is 5.32 Å². The Morgan fingerprint density at radius 1 is 1.31 bits per heavy atom. The third kappa shape index (κ3) is 3.06. The molecule has 1 N–H and O–H groups in total. The summed E-state index contributed by atoms with van der Waals surface area (Å²) < 4.78 is 6.11. The lowest BCUT2D eigenvalue weighted by Crippen LogP contribution is -2.30. The molecule has 1 aliphatic carbocycles. The van der Waals surface area contributed by atoms with Crippen LogP contribution in [0.4, 0.5) is 0 Å². The molecule has 88 valence electrons. The van der Waals surface area contributed by atoms with E-state index in [9.17, 15) is 0 Å². The fraction of sp³-hybridized carbons (Fsp3) is 0.571. The van der Waals surface area contributed by atoms with Crippen LogP contribution in [0.25, 0.3) is 0 Å². The van der Waals surface area contributed by atoms with Gasteiger partial charge < -0.3 is 10.1 Å². The van der Waals surface area contributed by atoms with Gasteiger partial charge in [0.2, 0.25) is 0 Å². The Labute approximate surface area is 98.0 Å². The highest BCUT2D eigenvalue weighted by atomic mass is 16.5.